The Morgan fingerprint density at radius 3 is 2.50 bits per heavy atom. The molecule has 0 saturated heterocycles. The number of nitrogens with zero attached hydrogens (tertiary/aromatic N) is 1. The molecular formula is C21H24ClIN2O3. The van der Waals surface area contributed by atoms with E-state index in [0.29, 0.717) is 17.3 Å². The molecule has 0 fully saturated rings. The number of halogens is 2. The van der Waals surface area contributed by atoms with Crippen LogP contribution < -0.4 is 10.1 Å². The van der Waals surface area contributed by atoms with Crippen LogP contribution in [-0.4, -0.2) is 35.9 Å². The molecule has 0 aromatic heterocycles. The normalized spacial score (nSPS) is 11.6. The van der Waals surface area contributed by atoms with Crippen molar-refractivity contribution >= 4 is 46.0 Å². The highest BCUT2D eigenvalue weighted by atomic mass is 127. The van der Waals surface area contributed by atoms with Gasteiger partial charge >= 0.3 is 0 Å². The van der Waals surface area contributed by atoms with Gasteiger partial charge in [0.1, 0.15) is 11.8 Å². The second-order valence-electron chi connectivity index (χ2n) is 6.32. The molecule has 1 N–H and O–H groups in total. The van der Waals surface area contributed by atoms with Crippen molar-refractivity contribution in [1.29, 1.82) is 0 Å². The third kappa shape index (κ3) is 6.67. The Kier molecular flexibility index (Phi) is 9.05. The summed E-state index contributed by atoms with van der Waals surface area (Å²) < 4.78 is 6.70. The van der Waals surface area contributed by atoms with Crippen LogP contribution in [-0.2, 0) is 16.1 Å². The highest BCUT2D eigenvalue weighted by Gasteiger charge is 2.26. The largest absolute Gasteiger partial charge is 0.484 e. The van der Waals surface area contributed by atoms with Crippen LogP contribution in [0.3, 0.4) is 0 Å². The van der Waals surface area contributed by atoms with Gasteiger partial charge in [0.2, 0.25) is 5.91 Å². The first-order chi connectivity index (χ1) is 13.4. The SMILES string of the molecule is CCCNC(=O)[C@H](C)N(Cc1ccccc1Cl)C(=O)COc1ccc(I)cc1. The van der Waals surface area contributed by atoms with Gasteiger partial charge in [-0.1, -0.05) is 36.7 Å². The monoisotopic (exact) mass is 514 g/mol. The molecule has 7 heteroatoms. The van der Waals surface area contributed by atoms with Crippen molar-refractivity contribution in [1.82, 2.24) is 10.2 Å². The lowest BCUT2D eigenvalue weighted by Crippen LogP contribution is -2.49. The van der Waals surface area contributed by atoms with Crippen LogP contribution in [0, 0.1) is 3.57 Å². The summed E-state index contributed by atoms with van der Waals surface area (Å²) in [5.41, 5.74) is 0.780. The molecular weight excluding hydrogens is 491 g/mol. The molecule has 2 rings (SSSR count). The predicted octanol–water partition coefficient (Wildman–Crippen LogP) is 4.27. The van der Waals surface area contributed by atoms with Crippen molar-refractivity contribution in [2.75, 3.05) is 13.2 Å². The van der Waals surface area contributed by atoms with E-state index in [1.54, 1.807) is 13.0 Å². The Morgan fingerprint density at radius 2 is 1.86 bits per heavy atom. The zero-order chi connectivity index (χ0) is 20.5. The third-order valence-corrected chi connectivity index (χ3v) is 5.28. The standard InChI is InChI=1S/C21H24ClIN2O3/c1-3-12-24-21(27)15(2)25(13-16-6-4-5-7-19(16)22)20(26)14-28-18-10-8-17(23)9-11-18/h4-11,15H,3,12-14H2,1-2H3,(H,24,27)/t15-/m0/s1. The van der Waals surface area contributed by atoms with Crippen LogP contribution in [0.5, 0.6) is 5.75 Å². The molecule has 0 aliphatic heterocycles. The first-order valence-electron chi connectivity index (χ1n) is 9.11. The number of rotatable bonds is 9. The maximum absolute atomic E-state index is 12.9. The molecule has 0 bridgehead atoms. The van der Waals surface area contributed by atoms with Gasteiger partial charge in [-0.25, -0.2) is 0 Å². The third-order valence-electron chi connectivity index (χ3n) is 4.19. The predicted molar refractivity (Wildman–Crippen MR) is 119 cm³/mol. The quantitative estimate of drug-likeness (QED) is 0.509. The first kappa shape index (κ1) is 22.5. The summed E-state index contributed by atoms with van der Waals surface area (Å²) in [4.78, 5) is 26.8. The van der Waals surface area contributed by atoms with Gasteiger partial charge in [0, 0.05) is 21.7 Å². The molecule has 28 heavy (non-hydrogen) atoms. The molecule has 2 aromatic carbocycles. The van der Waals surface area contributed by atoms with Gasteiger partial charge in [-0.05, 0) is 71.8 Å². The second-order valence-corrected chi connectivity index (χ2v) is 7.98. The molecule has 0 saturated carbocycles. The van der Waals surface area contributed by atoms with Gasteiger partial charge < -0.3 is 15.0 Å². The van der Waals surface area contributed by atoms with Crippen molar-refractivity contribution in [2.45, 2.75) is 32.9 Å². The molecule has 5 nitrogen and oxygen atoms in total. The number of nitrogens with one attached hydrogen (secondary N) is 1. The Hall–Kier alpha value is -1.80. The summed E-state index contributed by atoms with van der Waals surface area (Å²) in [6.07, 6.45) is 0.826. The summed E-state index contributed by atoms with van der Waals surface area (Å²) in [7, 11) is 0. The number of benzene rings is 2. The van der Waals surface area contributed by atoms with Crippen molar-refractivity contribution in [3.8, 4) is 5.75 Å². The van der Waals surface area contributed by atoms with Crippen molar-refractivity contribution in [3.63, 3.8) is 0 Å². The first-order valence-corrected chi connectivity index (χ1v) is 10.6. The Labute approximate surface area is 184 Å². The number of hydrogen-bond donors (Lipinski definition) is 1. The van der Waals surface area contributed by atoms with E-state index in [-0.39, 0.29) is 25.0 Å². The van der Waals surface area contributed by atoms with Crippen LogP contribution in [0.2, 0.25) is 5.02 Å². The molecule has 0 radical (unpaired) electrons. The average Bonchev–Trinajstić information content (AvgIpc) is 2.70. The zero-order valence-corrected chi connectivity index (χ0v) is 18.9. The van der Waals surface area contributed by atoms with Gasteiger partial charge in [-0.15, -0.1) is 0 Å². The molecule has 2 aromatic rings. The number of hydrogen-bond acceptors (Lipinski definition) is 3. The van der Waals surface area contributed by atoms with Gasteiger partial charge in [-0.2, -0.15) is 0 Å². The Balaban J connectivity index is 2.13. The van der Waals surface area contributed by atoms with Crippen LogP contribution in [0.1, 0.15) is 25.8 Å². The smallest absolute Gasteiger partial charge is 0.261 e. The van der Waals surface area contributed by atoms with Crippen molar-refractivity contribution < 1.29 is 14.3 Å². The molecule has 0 heterocycles. The fourth-order valence-electron chi connectivity index (χ4n) is 2.55. The minimum Gasteiger partial charge on any atom is -0.484 e. The highest BCUT2D eigenvalue weighted by Crippen LogP contribution is 2.19. The zero-order valence-electron chi connectivity index (χ0n) is 16.0. The van der Waals surface area contributed by atoms with Crippen LogP contribution in [0.15, 0.2) is 48.5 Å². The lowest BCUT2D eigenvalue weighted by atomic mass is 10.1. The van der Waals surface area contributed by atoms with Crippen molar-refractivity contribution in [2.24, 2.45) is 0 Å². The van der Waals surface area contributed by atoms with E-state index in [2.05, 4.69) is 27.9 Å². The molecule has 0 aliphatic carbocycles. The van der Waals surface area contributed by atoms with E-state index < -0.39 is 6.04 Å². The number of ether oxygens (including phenoxy) is 1. The topological polar surface area (TPSA) is 58.6 Å². The van der Waals surface area contributed by atoms with Gasteiger partial charge in [-0.3, -0.25) is 9.59 Å². The summed E-state index contributed by atoms with van der Waals surface area (Å²) in [5, 5.41) is 3.40. The van der Waals surface area contributed by atoms with E-state index in [0.717, 1.165) is 15.6 Å². The van der Waals surface area contributed by atoms with Crippen LogP contribution in [0.4, 0.5) is 0 Å². The van der Waals surface area contributed by atoms with Crippen LogP contribution >= 0.6 is 34.2 Å². The van der Waals surface area contributed by atoms with E-state index in [1.165, 1.54) is 4.90 Å². The van der Waals surface area contributed by atoms with Crippen molar-refractivity contribution in [3.05, 3.63) is 62.7 Å². The molecule has 1 atom stereocenters. The minimum atomic E-state index is -0.643. The number of amides is 2. The average molecular weight is 515 g/mol. The lowest BCUT2D eigenvalue weighted by molar-refractivity contribution is -0.142. The molecule has 0 unspecified atom stereocenters. The maximum atomic E-state index is 12.9. The minimum absolute atomic E-state index is 0.156. The molecule has 150 valence electrons. The molecule has 2 amide bonds. The summed E-state index contributed by atoms with van der Waals surface area (Å²) >= 11 is 8.46. The van der Waals surface area contributed by atoms with Gasteiger partial charge in [0.05, 0.1) is 0 Å². The van der Waals surface area contributed by atoms with E-state index >= 15 is 0 Å². The Morgan fingerprint density at radius 1 is 1.18 bits per heavy atom. The van der Waals surface area contributed by atoms with E-state index in [4.69, 9.17) is 16.3 Å². The highest BCUT2D eigenvalue weighted by molar-refractivity contribution is 14.1. The second kappa shape index (κ2) is 11.3. The molecule has 0 spiro atoms. The maximum Gasteiger partial charge on any atom is 0.261 e. The number of carbonyl (C=O) groups excluding carboxylic acids is 2. The summed E-state index contributed by atoms with van der Waals surface area (Å²) in [6, 6.07) is 14.1. The fraction of sp³-hybridized carbons (Fsp3) is 0.333. The van der Waals surface area contributed by atoms with Gasteiger partial charge in [0.25, 0.3) is 5.91 Å². The van der Waals surface area contributed by atoms with E-state index in [9.17, 15) is 9.59 Å². The Bertz CT molecular complexity index is 798. The molecule has 0 aliphatic rings. The summed E-state index contributed by atoms with van der Waals surface area (Å²) in [6.45, 7) is 4.33. The summed E-state index contributed by atoms with van der Waals surface area (Å²) in [5.74, 6) is 0.128. The number of carbonyl (C=O) groups is 2. The van der Waals surface area contributed by atoms with Gasteiger partial charge in [0.15, 0.2) is 6.61 Å². The lowest BCUT2D eigenvalue weighted by Gasteiger charge is -2.29. The van der Waals surface area contributed by atoms with Crippen LogP contribution in [0.25, 0.3) is 0 Å². The fourth-order valence-corrected chi connectivity index (χ4v) is 3.10. The van der Waals surface area contributed by atoms with E-state index in [1.807, 2.05) is 49.4 Å².